The lowest BCUT2D eigenvalue weighted by Gasteiger charge is -2.42. The topological polar surface area (TPSA) is 206 Å². The second kappa shape index (κ2) is 24.4. The van der Waals surface area contributed by atoms with E-state index in [1.165, 1.54) is 7.11 Å². The number of amides is 1. The SMILES string of the molecule is CO[C@@H]1C[C@H](C[C@@H](C)[C@@H]2CC(=O)C(C)=CC(C)[C@@H](O)[C@@H](OC)C(=O)[C@H](C)C[C@H](C)C=CC=CC=C(C)C(O)C[C@@H]3CC[C@@H](C)[C@@](O)(O3)C(=O)C(=O)N3CCCC[C@H]3C(=O)O2)CC[C@H]1O. The van der Waals surface area contributed by atoms with Gasteiger partial charge in [-0.15, -0.1) is 0 Å². The maximum absolute atomic E-state index is 14.3. The van der Waals surface area contributed by atoms with Crippen molar-refractivity contribution < 1.29 is 63.3 Å². The van der Waals surface area contributed by atoms with Crippen molar-refractivity contribution in [1.82, 2.24) is 4.90 Å². The molecule has 1 amide bonds. The number of cyclic esters (lactones) is 1. The Bertz CT molecular complexity index is 1740. The number of nitrogens with zero attached hydrogens (tertiary/aromatic N) is 1. The molecule has 2 saturated heterocycles. The number of carbonyl (C=O) groups is 5. The predicted octanol–water partition coefficient (Wildman–Crippen LogP) is 5.53. The normalized spacial score (nSPS) is 38.2. The monoisotopic (exact) mass is 900 g/mol. The van der Waals surface area contributed by atoms with Crippen LogP contribution in [0.25, 0.3) is 0 Å². The van der Waals surface area contributed by atoms with Gasteiger partial charge in [-0.3, -0.25) is 19.2 Å². The predicted molar refractivity (Wildman–Crippen MR) is 240 cm³/mol. The lowest BCUT2D eigenvalue weighted by Crippen LogP contribution is -2.61. The van der Waals surface area contributed by atoms with Gasteiger partial charge in [0.05, 0.1) is 30.5 Å². The zero-order valence-electron chi connectivity index (χ0n) is 39.6. The molecule has 2 unspecified atom stereocenters. The zero-order valence-corrected chi connectivity index (χ0v) is 39.6. The highest BCUT2D eigenvalue weighted by Gasteiger charge is 2.53. The molecule has 0 spiro atoms. The maximum atomic E-state index is 14.3. The highest BCUT2D eigenvalue weighted by molar-refractivity contribution is 6.39. The first-order chi connectivity index (χ1) is 30.2. The van der Waals surface area contributed by atoms with Gasteiger partial charge in [0, 0.05) is 51.4 Å². The van der Waals surface area contributed by atoms with E-state index in [9.17, 15) is 44.4 Å². The molecule has 3 aliphatic heterocycles. The number of piperidine rings is 1. The van der Waals surface area contributed by atoms with Crippen LogP contribution in [0.4, 0.5) is 0 Å². The minimum atomic E-state index is -2.48. The smallest absolute Gasteiger partial charge is 0.329 e. The van der Waals surface area contributed by atoms with Gasteiger partial charge < -0.3 is 44.3 Å². The van der Waals surface area contributed by atoms with E-state index in [0.29, 0.717) is 68.9 Å². The van der Waals surface area contributed by atoms with Crippen molar-refractivity contribution in [3.8, 4) is 0 Å². The number of ether oxygens (including phenoxy) is 4. The Morgan fingerprint density at radius 1 is 0.875 bits per heavy atom. The fourth-order valence-electron chi connectivity index (χ4n) is 9.87. The van der Waals surface area contributed by atoms with Crippen LogP contribution in [0.5, 0.6) is 0 Å². The number of hydrogen-bond donors (Lipinski definition) is 4. The molecular formula is C50H77NO13. The largest absolute Gasteiger partial charge is 0.460 e. The Morgan fingerprint density at radius 3 is 2.28 bits per heavy atom. The average molecular weight is 900 g/mol. The fourth-order valence-corrected chi connectivity index (χ4v) is 9.87. The number of aliphatic hydroxyl groups excluding tert-OH is 3. The van der Waals surface area contributed by atoms with Crippen molar-refractivity contribution in [3.63, 3.8) is 0 Å². The zero-order chi connectivity index (χ0) is 47.5. The fraction of sp³-hybridized carbons (Fsp3) is 0.740. The summed E-state index contributed by atoms with van der Waals surface area (Å²) >= 11 is 0. The molecular weight excluding hydrogens is 823 g/mol. The van der Waals surface area contributed by atoms with E-state index in [0.717, 1.165) is 4.90 Å². The van der Waals surface area contributed by atoms with E-state index >= 15 is 0 Å². The Morgan fingerprint density at radius 2 is 1.59 bits per heavy atom. The van der Waals surface area contributed by atoms with Crippen LogP contribution in [0.15, 0.2) is 47.6 Å². The van der Waals surface area contributed by atoms with Crippen LogP contribution in [0.1, 0.15) is 126 Å². The number of hydrogen-bond acceptors (Lipinski definition) is 13. The van der Waals surface area contributed by atoms with E-state index in [1.807, 2.05) is 32.1 Å². The summed E-state index contributed by atoms with van der Waals surface area (Å²) in [6.45, 7) is 12.5. The molecule has 4 N–H and O–H groups in total. The maximum Gasteiger partial charge on any atom is 0.329 e. The van der Waals surface area contributed by atoms with Gasteiger partial charge in [-0.2, -0.15) is 0 Å². The van der Waals surface area contributed by atoms with Crippen molar-refractivity contribution in [1.29, 1.82) is 0 Å². The molecule has 1 saturated carbocycles. The molecule has 0 aromatic heterocycles. The van der Waals surface area contributed by atoms with E-state index < -0.39 is 83.9 Å². The number of ketones is 3. The molecule has 0 aromatic carbocycles. The molecule has 0 aromatic rings. The lowest BCUT2D eigenvalue weighted by atomic mass is 9.78. The van der Waals surface area contributed by atoms with Crippen molar-refractivity contribution in [3.05, 3.63) is 47.6 Å². The van der Waals surface area contributed by atoms with Crippen LogP contribution >= 0.6 is 0 Å². The molecule has 64 heavy (non-hydrogen) atoms. The molecule has 1 aliphatic carbocycles. The molecule has 4 aliphatic rings. The summed E-state index contributed by atoms with van der Waals surface area (Å²) in [5.41, 5.74) is 0.926. The summed E-state index contributed by atoms with van der Waals surface area (Å²) in [6, 6.07) is -1.16. The number of methoxy groups -OCH3 is 2. The van der Waals surface area contributed by atoms with Crippen LogP contribution in [-0.4, -0.2) is 130 Å². The Labute approximate surface area is 380 Å². The molecule has 15 atom stereocenters. The minimum Gasteiger partial charge on any atom is -0.460 e. The highest BCUT2D eigenvalue weighted by atomic mass is 16.6. The van der Waals surface area contributed by atoms with Gasteiger partial charge in [0.15, 0.2) is 11.6 Å². The quantitative estimate of drug-likeness (QED) is 0.198. The van der Waals surface area contributed by atoms with Crippen molar-refractivity contribution in [2.24, 2.45) is 35.5 Å². The first kappa shape index (κ1) is 53.2. The summed E-state index contributed by atoms with van der Waals surface area (Å²) in [4.78, 5) is 71.4. The highest BCUT2D eigenvalue weighted by Crippen LogP contribution is 2.37. The van der Waals surface area contributed by atoms with Crippen molar-refractivity contribution >= 4 is 29.2 Å². The molecule has 2 bridgehead atoms. The third-order valence-electron chi connectivity index (χ3n) is 14.2. The number of esters is 1. The van der Waals surface area contributed by atoms with Gasteiger partial charge in [0.2, 0.25) is 5.79 Å². The minimum absolute atomic E-state index is 0.00220. The summed E-state index contributed by atoms with van der Waals surface area (Å²) in [7, 11) is 2.93. The molecule has 14 heteroatoms. The lowest BCUT2D eigenvalue weighted by molar-refractivity contribution is -0.265. The van der Waals surface area contributed by atoms with E-state index in [4.69, 9.17) is 18.9 Å². The number of Topliss-reactive ketones (excluding diaryl/α,β-unsaturated/α-hetero) is 3. The third-order valence-corrected chi connectivity index (χ3v) is 14.2. The summed E-state index contributed by atoms with van der Waals surface area (Å²) in [5.74, 6) is -8.22. The second-order valence-corrected chi connectivity index (χ2v) is 19.4. The van der Waals surface area contributed by atoms with Crippen LogP contribution < -0.4 is 0 Å². The molecule has 3 heterocycles. The second-order valence-electron chi connectivity index (χ2n) is 19.4. The third kappa shape index (κ3) is 13.8. The van der Waals surface area contributed by atoms with Crippen LogP contribution in [0, 0.1) is 35.5 Å². The van der Waals surface area contributed by atoms with Gasteiger partial charge in [0.1, 0.15) is 18.2 Å². The van der Waals surface area contributed by atoms with Gasteiger partial charge in [-0.1, -0.05) is 71.1 Å². The number of allylic oxidation sites excluding steroid dienone is 6. The Hall–Kier alpha value is -3.37. The standard InChI is InChI=1S/C50H77NO13/c1-29-15-11-10-12-16-30(2)40(53)27-37-20-18-35(7)50(60,64-37)47(57)48(58)51-22-14-13-17-38(51)49(59)63-42(32(4)25-36-19-21-39(52)43(26-36)61-8)28-41(54)31(3)24-34(6)45(56)46(62-9)44(55)33(5)23-29/h10-12,15-16,24,29,32-40,42-43,45-46,52-53,56,60H,13-14,17-23,25-28H2,1-9H3/t29-,32-,33-,34?,35-,36+,37+,38+,39-,40?,42+,43-,45-,46+,50-/m1/s1. The summed E-state index contributed by atoms with van der Waals surface area (Å²) in [6.07, 6.45) is 9.58. The van der Waals surface area contributed by atoms with Gasteiger partial charge in [-0.05, 0) is 107 Å². The number of carbonyl (C=O) groups excluding carboxylic acids is 5. The van der Waals surface area contributed by atoms with Crippen LogP contribution in [-0.2, 0) is 42.9 Å². The molecule has 360 valence electrons. The van der Waals surface area contributed by atoms with Crippen molar-refractivity contribution in [2.45, 2.75) is 180 Å². The number of aliphatic hydroxyl groups is 4. The van der Waals surface area contributed by atoms with Crippen molar-refractivity contribution in [2.75, 3.05) is 20.8 Å². The molecule has 3 fully saturated rings. The van der Waals surface area contributed by atoms with E-state index in [1.54, 1.807) is 60.0 Å². The van der Waals surface area contributed by atoms with Crippen LogP contribution in [0.3, 0.4) is 0 Å². The van der Waals surface area contributed by atoms with E-state index in [-0.39, 0.29) is 61.2 Å². The van der Waals surface area contributed by atoms with E-state index in [2.05, 4.69) is 0 Å². The Kier molecular flexibility index (Phi) is 20.3. The Balaban J connectivity index is 1.69. The van der Waals surface area contributed by atoms with Gasteiger partial charge >= 0.3 is 5.97 Å². The molecule has 4 rings (SSSR count). The van der Waals surface area contributed by atoms with Crippen LogP contribution in [0.2, 0.25) is 0 Å². The summed E-state index contributed by atoms with van der Waals surface area (Å²) < 4.78 is 23.3. The first-order valence-corrected chi connectivity index (χ1v) is 23.5. The summed E-state index contributed by atoms with van der Waals surface area (Å²) in [5, 5.41) is 44.8. The number of fused-ring (bicyclic) bond motifs is 3. The van der Waals surface area contributed by atoms with Gasteiger partial charge in [-0.25, -0.2) is 4.79 Å². The van der Waals surface area contributed by atoms with Gasteiger partial charge in [0.25, 0.3) is 11.7 Å². The molecule has 0 radical (unpaired) electrons. The average Bonchev–Trinajstić information content (AvgIpc) is 3.26. The number of rotatable bonds is 5. The first-order valence-electron chi connectivity index (χ1n) is 23.5. The molecule has 14 nitrogen and oxygen atoms in total.